The molecule has 1 heterocycles. The molecule has 0 unspecified atom stereocenters. The Bertz CT molecular complexity index is 855. The van der Waals surface area contributed by atoms with Crippen LogP contribution in [-0.4, -0.2) is 24.8 Å². The first kappa shape index (κ1) is 17.7. The number of fused-ring (bicyclic) bond motifs is 1. The highest BCUT2D eigenvalue weighted by atomic mass is 19.1. The number of halogens is 2. The third-order valence-corrected chi connectivity index (χ3v) is 3.71. The van der Waals surface area contributed by atoms with E-state index in [0.717, 1.165) is 17.7 Å². The van der Waals surface area contributed by atoms with Crippen LogP contribution in [0, 0.1) is 11.6 Å². The fourth-order valence-corrected chi connectivity index (χ4v) is 2.32. The number of ether oxygens (including phenoxy) is 3. The summed E-state index contributed by atoms with van der Waals surface area (Å²) in [6.07, 6.45) is -1.15. The summed E-state index contributed by atoms with van der Waals surface area (Å²) in [6.45, 7) is 1.69. The van der Waals surface area contributed by atoms with Crippen LogP contribution in [0.4, 0.5) is 8.78 Å². The first-order valence-electron chi connectivity index (χ1n) is 7.76. The van der Waals surface area contributed by atoms with Crippen molar-refractivity contribution in [3.8, 4) is 11.5 Å². The minimum absolute atomic E-state index is 0.151. The summed E-state index contributed by atoms with van der Waals surface area (Å²) in [4.78, 5) is 24.0. The molecular formula is C18H15F2NO5. The largest absolute Gasteiger partial charge is 0.454 e. The number of benzene rings is 2. The molecule has 1 N–H and O–H groups in total. The normalized spacial score (nSPS) is 13.2. The monoisotopic (exact) mass is 363 g/mol. The minimum atomic E-state index is -1.15. The summed E-state index contributed by atoms with van der Waals surface area (Å²) in [7, 11) is 0. The van der Waals surface area contributed by atoms with E-state index in [1.54, 1.807) is 18.2 Å². The van der Waals surface area contributed by atoms with Crippen LogP contribution in [0.3, 0.4) is 0 Å². The first-order valence-corrected chi connectivity index (χ1v) is 7.76. The van der Waals surface area contributed by atoms with Gasteiger partial charge < -0.3 is 19.5 Å². The van der Waals surface area contributed by atoms with Gasteiger partial charge in [0, 0.05) is 12.6 Å². The van der Waals surface area contributed by atoms with Crippen molar-refractivity contribution in [2.24, 2.45) is 0 Å². The summed E-state index contributed by atoms with van der Waals surface area (Å²) < 4.78 is 41.8. The Morgan fingerprint density at radius 2 is 1.92 bits per heavy atom. The van der Waals surface area contributed by atoms with Gasteiger partial charge in [-0.25, -0.2) is 13.6 Å². The average Bonchev–Trinajstić information content (AvgIpc) is 3.07. The van der Waals surface area contributed by atoms with Crippen molar-refractivity contribution >= 4 is 11.9 Å². The standard InChI is InChI=1S/C18H15F2NO5/c1-10(26-18(23)13-4-3-12(19)7-14(13)20)17(22)21-8-11-2-5-15-16(6-11)25-9-24-15/h2-7,10H,8-9H2,1H3,(H,21,22)/t10-/m1/s1. The van der Waals surface area contributed by atoms with E-state index < -0.39 is 35.2 Å². The summed E-state index contributed by atoms with van der Waals surface area (Å²) in [6, 6.07) is 7.69. The number of esters is 1. The van der Waals surface area contributed by atoms with Gasteiger partial charge in [-0.15, -0.1) is 0 Å². The molecule has 0 spiro atoms. The van der Waals surface area contributed by atoms with Crippen LogP contribution in [-0.2, 0) is 16.1 Å². The molecule has 136 valence electrons. The minimum Gasteiger partial charge on any atom is -0.454 e. The second-order valence-corrected chi connectivity index (χ2v) is 5.58. The maximum Gasteiger partial charge on any atom is 0.341 e. The fourth-order valence-electron chi connectivity index (χ4n) is 2.32. The van der Waals surface area contributed by atoms with Crippen molar-refractivity contribution in [2.75, 3.05) is 6.79 Å². The number of carbonyl (C=O) groups is 2. The van der Waals surface area contributed by atoms with Gasteiger partial charge in [-0.1, -0.05) is 6.07 Å². The predicted octanol–water partition coefficient (Wildman–Crippen LogP) is 2.56. The molecule has 1 atom stereocenters. The third kappa shape index (κ3) is 3.90. The molecule has 8 heteroatoms. The SMILES string of the molecule is C[C@@H](OC(=O)c1ccc(F)cc1F)C(=O)NCc1ccc2c(c1)OCO2. The average molecular weight is 363 g/mol. The molecule has 0 aromatic heterocycles. The molecule has 26 heavy (non-hydrogen) atoms. The Morgan fingerprint density at radius 1 is 1.15 bits per heavy atom. The highest BCUT2D eigenvalue weighted by molar-refractivity contribution is 5.92. The van der Waals surface area contributed by atoms with Crippen molar-refractivity contribution in [3.63, 3.8) is 0 Å². The van der Waals surface area contributed by atoms with Crippen molar-refractivity contribution in [1.82, 2.24) is 5.32 Å². The summed E-state index contributed by atoms with van der Waals surface area (Å²) in [5, 5.41) is 2.60. The van der Waals surface area contributed by atoms with Crippen LogP contribution in [0.5, 0.6) is 11.5 Å². The lowest BCUT2D eigenvalue weighted by atomic mass is 10.2. The Balaban J connectivity index is 1.55. The smallest absolute Gasteiger partial charge is 0.341 e. The molecule has 2 aromatic carbocycles. The highest BCUT2D eigenvalue weighted by Gasteiger charge is 2.21. The molecule has 1 aliphatic heterocycles. The van der Waals surface area contributed by atoms with Gasteiger partial charge in [0.25, 0.3) is 5.91 Å². The lowest BCUT2D eigenvalue weighted by molar-refractivity contribution is -0.129. The van der Waals surface area contributed by atoms with Gasteiger partial charge in [0.15, 0.2) is 17.6 Å². The lowest BCUT2D eigenvalue weighted by Crippen LogP contribution is -2.35. The summed E-state index contributed by atoms with van der Waals surface area (Å²) in [5.74, 6) is -2.25. The van der Waals surface area contributed by atoms with Crippen LogP contribution in [0.25, 0.3) is 0 Å². The Morgan fingerprint density at radius 3 is 2.69 bits per heavy atom. The van der Waals surface area contributed by atoms with E-state index in [-0.39, 0.29) is 13.3 Å². The van der Waals surface area contributed by atoms with E-state index in [1.807, 2.05) is 0 Å². The number of carbonyl (C=O) groups excluding carboxylic acids is 2. The van der Waals surface area contributed by atoms with E-state index >= 15 is 0 Å². The second-order valence-electron chi connectivity index (χ2n) is 5.58. The molecule has 3 rings (SSSR count). The van der Waals surface area contributed by atoms with Crippen LogP contribution in [0.2, 0.25) is 0 Å². The van der Waals surface area contributed by atoms with E-state index in [9.17, 15) is 18.4 Å². The van der Waals surface area contributed by atoms with E-state index in [0.29, 0.717) is 17.6 Å². The molecule has 6 nitrogen and oxygen atoms in total. The van der Waals surface area contributed by atoms with Gasteiger partial charge in [-0.05, 0) is 36.8 Å². The van der Waals surface area contributed by atoms with E-state index in [1.165, 1.54) is 6.92 Å². The number of amides is 1. The van der Waals surface area contributed by atoms with Crippen molar-refractivity contribution < 1.29 is 32.6 Å². The molecule has 0 saturated carbocycles. The van der Waals surface area contributed by atoms with Crippen LogP contribution in [0.1, 0.15) is 22.8 Å². The molecular weight excluding hydrogens is 348 g/mol. The quantitative estimate of drug-likeness (QED) is 0.827. The highest BCUT2D eigenvalue weighted by Crippen LogP contribution is 2.32. The maximum absolute atomic E-state index is 13.6. The van der Waals surface area contributed by atoms with Crippen molar-refractivity contribution in [1.29, 1.82) is 0 Å². The number of rotatable bonds is 5. The van der Waals surface area contributed by atoms with Gasteiger partial charge in [0.1, 0.15) is 11.6 Å². The molecule has 0 aliphatic carbocycles. The predicted molar refractivity (Wildman–Crippen MR) is 85.6 cm³/mol. The Kier molecular flexibility index (Phi) is 5.01. The van der Waals surface area contributed by atoms with Crippen LogP contribution < -0.4 is 14.8 Å². The molecule has 1 aliphatic rings. The summed E-state index contributed by atoms with van der Waals surface area (Å²) >= 11 is 0. The number of hydrogen-bond donors (Lipinski definition) is 1. The van der Waals surface area contributed by atoms with Crippen LogP contribution >= 0.6 is 0 Å². The Hall–Kier alpha value is -3.16. The van der Waals surface area contributed by atoms with Gasteiger partial charge in [-0.3, -0.25) is 4.79 Å². The zero-order chi connectivity index (χ0) is 18.7. The fraction of sp³-hybridized carbons (Fsp3) is 0.222. The van der Waals surface area contributed by atoms with Crippen molar-refractivity contribution in [2.45, 2.75) is 19.6 Å². The van der Waals surface area contributed by atoms with Crippen LogP contribution in [0.15, 0.2) is 36.4 Å². The lowest BCUT2D eigenvalue weighted by Gasteiger charge is -2.14. The zero-order valence-electron chi connectivity index (χ0n) is 13.8. The van der Waals surface area contributed by atoms with E-state index in [2.05, 4.69) is 5.32 Å². The third-order valence-electron chi connectivity index (χ3n) is 3.71. The van der Waals surface area contributed by atoms with Gasteiger partial charge in [0.05, 0.1) is 5.56 Å². The van der Waals surface area contributed by atoms with Crippen molar-refractivity contribution in [3.05, 3.63) is 59.2 Å². The second kappa shape index (κ2) is 7.38. The molecule has 0 radical (unpaired) electrons. The number of nitrogens with one attached hydrogen (secondary N) is 1. The molecule has 0 fully saturated rings. The van der Waals surface area contributed by atoms with E-state index in [4.69, 9.17) is 14.2 Å². The molecule has 0 bridgehead atoms. The topological polar surface area (TPSA) is 73.9 Å². The van der Waals surface area contributed by atoms with Gasteiger partial charge in [-0.2, -0.15) is 0 Å². The van der Waals surface area contributed by atoms with Gasteiger partial charge >= 0.3 is 5.97 Å². The first-order chi connectivity index (χ1) is 12.4. The summed E-state index contributed by atoms with van der Waals surface area (Å²) in [5.41, 5.74) is 0.326. The molecule has 0 saturated heterocycles. The number of hydrogen-bond acceptors (Lipinski definition) is 5. The Labute approximate surface area is 147 Å². The molecule has 2 aromatic rings. The maximum atomic E-state index is 13.6. The van der Waals surface area contributed by atoms with Gasteiger partial charge in [0.2, 0.25) is 6.79 Å². The zero-order valence-corrected chi connectivity index (χ0v) is 13.8. The molecule has 1 amide bonds.